The van der Waals surface area contributed by atoms with Crippen LogP contribution in [0.3, 0.4) is 0 Å². The highest BCUT2D eigenvalue weighted by atomic mass is 16.1. The lowest BCUT2D eigenvalue weighted by atomic mass is 9.70. The van der Waals surface area contributed by atoms with Crippen LogP contribution in [-0.2, 0) is 5.41 Å². The van der Waals surface area contributed by atoms with Gasteiger partial charge in [-0.2, -0.15) is 0 Å². The lowest BCUT2D eigenvalue weighted by Crippen LogP contribution is -2.24. The standard InChI is InChI=1S/C20H20O/c1-14-7-9-15(10-8-14)17-11-12-20(2,3)19-16(13-21)5-4-6-18(17)19/h4-11,13H,12H2,1-3H3. The first-order valence-corrected chi connectivity index (χ1v) is 7.39. The van der Waals surface area contributed by atoms with Gasteiger partial charge in [-0.15, -0.1) is 0 Å². The summed E-state index contributed by atoms with van der Waals surface area (Å²) in [5, 5.41) is 0. The largest absolute Gasteiger partial charge is 0.298 e. The van der Waals surface area contributed by atoms with Crippen LogP contribution >= 0.6 is 0 Å². The molecule has 0 radical (unpaired) electrons. The van der Waals surface area contributed by atoms with E-state index >= 15 is 0 Å². The Morgan fingerprint density at radius 2 is 1.76 bits per heavy atom. The number of fused-ring (bicyclic) bond motifs is 1. The van der Waals surface area contributed by atoms with E-state index in [1.54, 1.807) is 0 Å². The molecule has 106 valence electrons. The molecule has 21 heavy (non-hydrogen) atoms. The zero-order valence-electron chi connectivity index (χ0n) is 12.8. The number of benzene rings is 2. The fourth-order valence-electron chi connectivity index (χ4n) is 3.22. The van der Waals surface area contributed by atoms with Crippen LogP contribution in [0.1, 0.15) is 52.9 Å². The predicted octanol–water partition coefficient (Wildman–Crippen LogP) is 4.92. The molecule has 0 fully saturated rings. The molecule has 0 bridgehead atoms. The smallest absolute Gasteiger partial charge is 0.150 e. The lowest BCUT2D eigenvalue weighted by Gasteiger charge is -2.33. The van der Waals surface area contributed by atoms with E-state index in [1.807, 2.05) is 12.1 Å². The second kappa shape index (κ2) is 5.00. The van der Waals surface area contributed by atoms with Gasteiger partial charge in [0.2, 0.25) is 0 Å². The number of aryl methyl sites for hydroxylation is 1. The summed E-state index contributed by atoms with van der Waals surface area (Å²) in [5.74, 6) is 0. The molecule has 3 rings (SSSR count). The molecular formula is C20H20O. The third-order valence-corrected chi connectivity index (χ3v) is 4.37. The molecule has 0 heterocycles. The molecule has 1 aliphatic carbocycles. The molecule has 2 aromatic rings. The van der Waals surface area contributed by atoms with E-state index < -0.39 is 0 Å². The normalized spacial score (nSPS) is 16.0. The van der Waals surface area contributed by atoms with Gasteiger partial charge in [-0.3, -0.25) is 4.79 Å². The first-order chi connectivity index (χ1) is 10.0. The number of carbonyl (C=O) groups is 1. The minimum Gasteiger partial charge on any atom is -0.298 e. The van der Waals surface area contributed by atoms with Crippen LogP contribution in [0.5, 0.6) is 0 Å². The van der Waals surface area contributed by atoms with E-state index in [1.165, 1.54) is 27.8 Å². The summed E-state index contributed by atoms with van der Waals surface area (Å²) in [6, 6.07) is 14.6. The molecule has 0 saturated carbocycles. The van der Waals surface area contributed by atoms with Crippen molar-refractivity contribution in [1.82, 2.24) is 0 Å². The maximum Gasteiger partial charge on any atom is 0.150 e. The lowest BCUT2D eigenvalue weighted by molar-refractivity contribution is 0.112. The van der Waals surface area contributed by atoms with Gasteiger partial charge in [0.05, 0.1) is 0 Å². The van der Waals surface area contributed by atoms with Crippen LogP contribution in [0.15, 0.2) is 48.5 Å². The number of hydrogen-bond donors (Lipinski definition) is 0. The van der Waals surface area contributed by atoms with Gasteiger partial charge in [-0.25, -0.2) is 0 Å². The Bertz CT molecular complexity index is 718. The fraction of sp³-hybridized carbons (Fsp3) is 0.250. The number of allylic oxidation sites excluding steroid dienone is 1. The van der Waals surface area contributed by atoms with Crippen LogP contribution in [0.2, 0.25) is 0 Å². The summed E-state index contributed by atoms with van der Waals surface area (Å²) in [6.45, 7) is 6.52. The minimum absolute atomic E-state index is 0.00103. The number of hydrogen-bond acceptors (Lipinski definition) is 1. The van der Waals surface area contributed by atoms with Crippen LogP contribution in [0.4, 0.5) is 0 Å². The predicted molar refractivity (Wildman–Crippen MR) is 87.7 cm³/mol. The van der Waals surface area contributed by atoms with Crippen molar-refractivity contribution in [1.29, 1.82) is 0 Å². The molecule has 0 saturated heterocycles. The maximum absolute atomic E-state index is 11.4. The summed E-state index contributed by atoms with van der Waals surface area (Å²) >= 11 is 0. The van der Waals surface area contributed by atoms with Gasteiger partial charge >= 0.3 is 0 Å². The molecule has 0 spiro atoms. The monoisotopic (exact) mass is 276 g/mol. The molecule has 0 unspecified atom stereocenters. The second-order valence-corrected chi connectivity index (χ2v) is 6.46. The van der Waals surface area contributed by atoms with Gasteiger partial charge in [-0.05, 0) is 41.0 Å². The van der Waals surface area contributed by atoms with Gasteiger partial charge in [0.15, 0.2) is 0 Å². The average Bonchev–Trinajstić information content (AvgIpc) is 2.48. The zero-order valence-corrected chi connectivity index (χ0v) is 12.8. The first kappa shape index (κ1) is 13.8. The molecule has 1 nitrogen and oxygen atoms in total. The van der Waals surface area contributed by atoms with Crippen molar-refractivity contribution < 1.29 is 4.79 Å². The van der Waals surface area contributed by atoms with E-state index in [0.29, 0.717) is 0 Å². The van der Waals surface area contributed by atoms with Gasteiger partial charge in [0.25, 0.3) is 0 Å². The molecule has 0 N–H and O–H groups in total. The van der Waals surface area contributed by atoms with Gasteiger partial charge in [-0.1, -0.05) is 68.0 Å². The quantitative estimate of drug-likeness (QED) is 0.711. The molecule has 0 aliphatic heterocycles. The molecule has 2 aromatic carbocycles. The van der Waals surface area contributed by atoms with E-state index in [0.717, 1.165) is 18.3 Å². The van der Waals surface area contributed by atoms with Gasteiger partial charge in [0.1, 0.15) is 6.29 Å². The summed E-state index contributed by atoms with van der Waals surface area (Å²) < 4.78 is 0. The topological polar surface area (TPSA) is 17.1 Å². The highest BCUT2D eigenvalue weighted by molar-refractivity contribution is 5.89. The molecule has 1 aliphatic rings. The van der Waals surface area contributed by atoms with E-state index in [4.69, 9.17) is 0 Å². The van der Waals surface area contributed by atoms with Crippen LogP contribution in [0.25, 0.3) is 5.57 Å². The van der Waals surface area contributed by atoms with Crippen LogP contribution in [-0.4, -0.2) is 6.29 Å². The minimum atomic E-state index is 0.00103. The molecule has 0 aromatic heterocycles. The van der Waals surface area contributed by atoms with E-state index in [9.17, 15) is 4.79 Å². The van der Waals surface area contributed by atoms with Crippen molar-refractivity contribution in [2.75, 3.05) is 0 Å². The number of carbonyl (C=O) groups excluding carboxylic acids is 1. The van der Waals surface area contributed by atoms with Gasteiger partial charge in [0, 0.05) is 5.56 Å². The Kier molecular flexibility index (Phi) is 3.29. The Morgan fingerprint density at radius 3 is 2.43 bits per heavy atom. The van der Waals surface area contributed by atoms with E-state index in [-0.39, 0.29) is 5.41 Å². The van der Waals surface area contributed by atoms with Crippen molar-refractivity contribution in [3.8, 4) is 0 Å². The molecule has 1 heteroatoms. The first-order valence-electron chi connectivity index (χ1n) is 7.39. The Morgan fingerprint density at radius 1 is 1.05 bits per heavy atom. The maximum atomic E-state index is 11.4. The highest BCUT2D eigenvalue weighted by Crippen LogP contribution is 2.42. The van der Waals surface area contributed by atoms with E-state index in [2.05, 4.69) is 57.2 Å². The Hall–Kier alpha value is -2.15. The van der Waals surface area contributed by atoms with Crippen molar-refractivity contribution in [2.24, 2.45) is 0 Å². The third kappa shape index (κ3) is 2.33. The van der Waals surface area contributed by atoms with Crippen molar-refractivity contribution in [3.63, 3.8) is 0 Å². The van der Waals surface area contributed by atoms with Crippen LogP contribution < -0.4 is 0 Å². The number of aldehydes is 1. The van der Waals surface area contributed by atoms with Crippen LogP contribution in [0, 0.1) is 6.92 Å². The Labute approximate surface area is 126 Å². The Balaban J connectivity index is 2.21. The third-order valence-electron chi connectivity index (χ3n) is 4.37. The molecule has 0 atom stereocenters. The average molecular weight is 276 g/mol. The summed E-state index contributed by atoms with van der Waals surface area (Å²) in [6.07, 6.45) is 4.24. The summed E-state index contributed by atoms with van der Waals surface area (Å²) in [7, 11) is 0. The zero-order chi connectivity index (χ0) is 15.0. The number of rotatable bonds is 2. The fourth-order valence-corrected chi connectivity index (χ4v) is 3.22. The summed E-state index contributed by atoms with van der Waals surface area (Å²) in [4.78, 5) is 11.4. The van der Waals surface area contributed by atoms with Gasteiger partial charge < -0.3 is 0 Å². The van der Waals surface area contributed by atoms with Crippen molar-refractivity contribution in [3.05, 3.63) is 76.4 Å². The highest BCUT2D eigenvalue weighted by Gasteiger charge is 2.30. The second-order valence-electron chi connectivity index (χ2n) is 6.46. The molecule has 0 amide bonds. The van der Waals surface area contributed by atoms with Crippen molar-refractivity contribution in [2.45, 2.75) is 32.6 Å². The summed E-state index contributed by atoms with van der Waals surface area (Å²) in [5.41, 5.74) is 6.92. The SMILES string of the molecule is Cc1ccc(C2=CCC(C)(C)c3c(C=O)cccc32)cc1. The molecular weight excluding hydrogens is 256 g/mol. The van der Waals surface area contributed by atoms with Crippen molar-refractivity contribution >= 4 is 11.9 Å².